The van der Waals surface area contributed by atoms with Crippen molar-refractivity contribution in [2.45, 2.75) is 6.54 Å². The first-order chi connectivity index (χ1) is 7.27. The van der Waals surface area contributed by atoms with E-state index in [-0.39, 0.29) is 0 Å². The second-order valence-electron chi connectivity index (χ2n) is 2.61. The predicted molar refractivity (Wildman–Crippen MR) is 59.5 cm³/mol. The van der Waals surface area contributed by atoms with Gasteiger partial charge in [0.2, 0.25) is 0 Å². The summed E-state index contributed by atoms with van der Waals surface area (Å²) in [5, 5.41) is 4.53. The van der Waals surface area contributed by atoms with E-state index in [1.807, 2.05) is 11.4 Å². The van der Waals surface area contributed by atoms with Crippen molar-refractivity contribution in [3.05, 3.63) is 21.9 Å². The van der Waals surface area contributed by atoms with Crippen LogP contribution in [0.5, 0.6) is 0 Å². The molecule has 0 atom stereocenters. The van der Waals surface area contributed by atoms with Crippen LogP contribution in [-0.2, 0) is 11.3 Å². The molecule has 5 heteroatoms. The maximum Gasteiger partial charge on any atom is 0.407 e. The number of amides is 1. The van der Waals surface area contributed by atoms with Gasteiger partial charge in [-0.3, -0.25) is 0 Å². The van der Waals surface area contributed by atoms with E-state index in [1.54, 1.807) is 0 Å². The first-order valence-corrected chi connectivity index (χ1v) is 5.23. The fourth-order valence-electron chi connectivity index (χ4n) is 0.960. The third-order valence-corrected chi connectivity index (χ3v) is 2.57. The summed E-state index contributed by atoms with van der Waals surface area (Å²) in [7, 11) is 1.33. The van der Waals surface area contributed by atoms with Gasteiger partial charge in [-0.1, -0.05) is 11.8 Å². The van der Waals surface area contributed by atoms with Gasteiger partial charge in [-0.15, -0.1) is 11.3 Å². The van der Waals surface area contributed by atoms with Gasteiger partial charge in [0.1, 0.15) is 0 Å². The third-order valence-electron chi connectivity index (χ3n) is 1.65. The number of carbonyl (C=O) groups excluding carboxylic acids is 1. The molecule has 1 amide bonds. The van der Waals surface area contributed by atoms with Crippen molar-refractivity contribution in [1.29, 1.82) is 0 Å². The zero-order valence-corrected chi connectivity index (χ0v) is 9.19. The fraction of sp³-hybridized carbons (Fsp3) is 0.300. The van der Waals surface area contributed by atoms with E-state index in [9.17, 15) is 4.79 Å². The Morgan fingerprint density at radius 3 is 3.20 bits per heavy atom. The lowest BCUT2D eigenvalue weighted by molar-refractivity contribution is 0.170. The highest BCUT2D eigenvalue weighted by Gasteiger charge is 2.04. The van der Waals surface area contributed by atoms with Crippen molar-refractivity contribution in [3.8, 4) is 11.8 Å². The largest absolute Gasteiger partial charge is 0.453 e. The van der Waals surface area contributed by atoms with Crippen LogP contribution in [0.2, 0.25) is 0 Å². The summed E-state index contributed by atoms with van der Waals surface area (Å²) < 4.78 is 4.47. The summed E-state index contributed by atoms with van der Waals surface area (Å²) in [5.41, 5.74) is 6.18. The lowest BCUT2D eigenvalue weighted by Gasteiger charge is -2.01. The zero-order chi connectivity index (χ0) is 11.1. The van der Waals surface area contributed by atoms with Crippen LogP contribution in [-0.4, -0.2) is 19.7 Å². The van der Waals surface area contributed by atoms with Crippen molar-refractivity contribution < 1.29 is 9.53 Å². The molecule has 1 aromatic heterocycles. The number of hydrogen-bond acceptors (Lipinski definition) is 4. The van der Waals surface area contributed by atoms with Crippen LogP contribution in [0.4, 0.5) is 4.79 Å². The first-order valence-electron chi connectivity index (χ1n) is 4.35. The molecule has 0 aliphatic heterocycles. The summed E-state index contributed by atoms with van der Waals surface area (Å²) in [6.45, 7) is 0.763. The first kappa shape index (κ1) is 11.6. The Kier molecular flexibility index (Phi) is 4.68. The average Bonchev–Trinajstić information content (AvgIpc) is 2.70. The molecule has 80 valence electrons. The summed E-state index contributed by atoms with van der Waals surface area (Å²) >= 11 is 1.54. The van der Waals surface area contributed by atoms with Gasteiger partial charge in [0, 0.05) is 10.4 Å². The average molecular weight is 224 g/mol. The molecule has 4 nitrogen and oxygen atoms in total. The molecule has 3 N–H and O–H groups in total. The van der Waals surface area contributed by atoms with E-state index in [1.165, 1.54) is 18.4 Å². The number of nitrogens with two attached hydrogens (primary N) is 1. The van der Waals surface area contributed by atoms with E-state index in [0.29, 0.717) is 13.1 Å². The topological polar surface area (TPSA) is 64.3 Å². The second kappa shape index (κ2) is 6.06. The second-order valence-corrected chi connectivity index (χ2v) is 3.61. The van der Waals surface area contributed by atoms with Gasteiger partial charge < -0.3 is 15.8 Å². The predicted octanol–water partition coefficient (Wildman–Crippen LogP) is 0.914. The van der Waals surface area contributed by atoms with Crippen LogP contribution in [0.15, 0.2) is 11.4 Å². The molecule has 0 aromatic carbocycles. The molecule has 0 unspecified atom stereocenters. The highest BCUT2D eigenvalue weighted by molar-refractivity contribution is 7.10. The molecule has 0 aliphatic carbocycles. The van der Waals surface area contributed by atoms with Crippen LogP contribution in [0.3, 0.4) is 0 Å². The molecule has 0 saturated carbocycles. The molecule has 0 bridgehead atoms. The number of alkyl carbamates (subject to hydrolysis) is 1. The molecule has 0 radical (unpaired) electrons. The molecule has 0 aliphatic rings. The van der Waals surface area contributed by atoms with E-state index in [0.717, 1.165) is 10.4 Å². The monoisotopic (exact) mass is 224 g/mol. The standard InChI is InChI=1S/C10H12N2O2S/c1-14-10(13)12-7-9-8(3-2-5-11)4-6-15-9/h4,6H,5,7,11H2,1H3,(H,12,13). The van der Waals surface area contributed by atoms with E-state index < -0.39 is 6.09 Å². The summed E-state index contributed by atoms with van der Waals surface area (Å²) in [6.07, 6.45) is -0.443. The Morgan fingerprint density at radius 1 is 1.73 bits per heavy atom. The van der Waals surface area contributed by atoms with Crippen LogP contribution in [0.1, 0.15) is 10.4 Å². The number of nitrogens with one attached hydrogen (secondary N) is 1. The number of thiophene rings is 1. The number of hydrogen-bond donors (Lipinski definition) is 2. The molecule has 1 aromatic rings. The number of methoxy groups -OCH3 is 1. The molecular weight excluding hydrogens is 212 g/mol. The van der Waals surface area contributed by atoms with Gasteiger partial charge in [0.25, 0.3) is 0 Å². The zero-order valence-electron chi connectivity index (χ0n) is 8.37. The van der Waals surface area contributed by atoms with Gasteiger partial charge in [-0.25, -0.2) is 4.79 Å². The quantitative estimate of drug-likeness (QED) is 0.734. The highest BCUT2D eigenvalue weighted by atomic mass is 32.1. The van der Waals surface area contributed by atoms with Crippen LogP contribution >= 0.6 is 11.3 Å². The van der Waals surface area contributed by atoms with E-state index in [4.69, 9.17) is 5.73 Å². The van der Waals surface area contributed by atoms with Crippen LogP contribution in [0, 0.1) is 11.8 Å². The summed E-state index contributed by atoms with van der Waals surface area (Å²) in [4.78, 5) is 11.8. The lowest BCUT2D eigenvalue weighted by Crippen LogP contribution is -2.22. The lowest BCUT2D eigenvalue weighted by atomic mass is 10.2. The van der Waals surface area contributed by atoms with E-state index in [2.05, 4.69) is 21.9 Å². The Bertz CT molecular complexity index is 390. The molecule has 1 heterocycles. The minimum atomic E-state index is -0.443. The normalized spacial score (nSPS) is 8.93. The van der Waals surface area contributed by atoms with Crippen molar-refractivity contribution in [1.82, 2.24) is 5.32 Å². The summed E-state index contributed by atoms with van der Waals surface area (Å²) in [5.74, 6) is 5.71. The number of rotatable bonds is 2. The third kappa shape index (κ3) is 3.62. The number of carbonyl (C=O) groups is 1. The Balaban J connectivity index is 2.61. The van der Waals surface area contributed by atoms with Crippen molar-refractivity contribution in [2.75, 3.05) is 13.7 Å². The van der Waals surface area contributed by atoms with Crippen molar-refractivity contribution in [2.24, 2.45) is 5.73 Å². The maximum absolute atomic E-state index is 10.8. The van der Waals surface area contributed by atoms with Gasteiger partial charge in [-0.05, 0) is 11.4 Å². The Hall–Kier alpha value is -1.51. The molecule has 1 rings (SSSR count). The van der Waals surface area contributed by atoms with Gasteiger partial charge in [-0.2, -0.15) is 0 Å². The van der Waals surface area contributed by atoms with Crippen LogP contribution in [0.25, 0.3) is 0 Å². The van der Waals surface area contributed by atoms with Gasteiger partial charge >= 0.3 is 6.09 Å². The highest BCUT2D eigenvalue weighted by Crippen LogP contribution is 2.15. The molecular formula is C10H12N2O2S. The van der Waals surface area contributed by atoms with Crippen molar-refractivity contribution in [3.63, 3.8) is 0 Å². The van der Waals surface area contributed by atoms with Crippen LogP contribution < -0.4 is 11.1 Å². The van der Waals surface area contributed by atoms with Crippen molar-refractivity contribution >= 4 is 17.4 Å². The minimum absolute atomic E-state index is 0.333. The Labute approximate surface area is 92.4 Å². The maximum atomic E-state index is 10.8. The summed E-state index contributed by atoms with van der Waals surface area (Å²) in [6, 6.07) is 1.90. The Morgan fingerprint density at radius 2 is 2.53 bits per heavy atom. The minimum Gasteiger partial charge on any atom is -0.453 e. The van der Waals surface area contributed by atoms with E-state index >= 15 is 0 Å². The molecule has 0 spiro atoms. The molecule has 15 heavy (non-hydrogen) atoms. The fourth-order valence-corrected chi connectivity index (χ4v) is 1.73. The van der Waals surface area contributed by atoms with Gasteiger partial charge in [0.05, 0.1) is 20.2 Å². The van der Waals surface area contributed by atoms with Gasteiger partial charge in [0.15, 0.2) is 0 Å². The SMILES string of the molecule is COC(=O)NCc1sccc1C#CCN. The smallest absolute Gasteiger partial charge is 0.407 e. The molecule has 0 saturated heterocycles. The molecule has 0 fully saturated rings. The number of ether oxygens (including phenoxy) is 1.